The SMILES string of the molecule is NC1CC(c2ncc(C3CCOCC3)[nH]2)C1. The maximum atomic E-state index is 5.80. The summed E-state index contributed by atoms with van der Waals surface area (Å²) in [4.78, 5) is 7.98. The van der Waals surface area contributed by atoms with Crippen molar-refractivity contribution in [3.63, 3.8) is 0 Å². The molecule has 0 unspecified atom stereocenters. The van der Waals surface area contributed by atoms with Crippen molar-refractivity contribution in [3.05, 3.63) is 17.7 Å². The summed E-state index contributed by atoms with van der Waals surface area (Å²) in [5.74, 6) is 2.33. The van der Waals surface area contributed by atoms with E-state index in [0.29, 0.717) is 17.9 Å². The molecule has 1 aromatic rings. The molecular weight excluding hydrogens is 202 g/mol. The van der Waals surface area contributed by atoms with E-state index >= 15 is 0 Å². The van der Waals surface area contributed by atoms with E-state index in [1.807, 2.05) is 6.20 Å². The van der Waals surface area contributed by atoms with Crippen LogP contribution >= 0.6 is 0 Å². The molecule has 1 saturated heterocycles. The van der Waals surface area contributed by atoms with Crippen molar-refractivity contribution in [1.82, 2.24) is 9.97 Å². The van der Waals surface area contributed by atoms with Crippen LogP contribution in [0.15, 0.2) is 6.20 Å². The fraction of sp³-hybridized carbons (Fsp3) is 0.750. The highest BCUT2D eigenvalue weighted by atomic mass is 16.5. The molecule has 4 nitrogen and oxygen atoms in total. The number of hydrogen-bond acceptors (Lipinski definition) is 3. The molecule has 1 aliphatic heterocycles. The molecule has 16 heavy (non-hydrogen) atoms. The summed E-state index contributed by atoms with van der Waals surface area (Å²) in [5, 5.41) is 0. The van der Waals surface area contributed by atoms with Crippen molar-refractivity contribution in [2.75, 3.05) is 13.2 Å². The van der Waals surface area contributed by atoms with Crippen molar-refractivity contribution < 1.29 is 4.74 Å². The van der Waals surface area contributed by atoms with Crippen molar-refractivity contribution in [1.29, 1.82) is 0 Å². The van der Waals surface area contributed by atoms with E-state index in [1.54, 1.807) is 0 Å². The Balaban J connectivity index is 1.67. The summed E-state index contributed by atoms with van der Waals surface area (Å²) in [6, 6.07) is 0.390. The molecule has 88 valence electrons. The average molecular weight is 221 g/mol. The van der Waals surface area contributed by atoms with Crippen molar-refractivity contribution in [2.24, 2.45) is 5.73 Å². The van der Waals surface area contributed by atoms with Gasteiger partial charge in [-0.15, -0.1) is 0 Å². The standard InChI is InChI=1S/C12H19N3O/c13-10-5-9(6-10)12-14-7-11(15-12)8-1-3-16-4-2-8/h7-10H,1-6,13H2,(H,14,15). The van der Waals surface area contributed by atoms with Crippen LogP contribution in [-0.2, 0) is 4.74 Å². The lowest BCUT2D eigenvalue weighted by atomic mass is 9.80. The van der Waals surface area contributed by atoms with Gasteiger partial charge >= 0.3 is 0 Å². The van der Waals surface area contributed by atoms with E-state index in [2.05, 4.69) is 9.97 Å². The number of imidazole rings is 1. The van der Waals surface area contributed by atoms with E-state index in [9.17, 15) is 0 Å². The van der Waals surface area contributed by atoms with Crippen molar-refractivity contribution in [2.45, 2.75) is 43.6 Å². The second-order valence-corrected chi connectivity index (χ2v) is 5.04. The Kier molecular flexibility index (Phi) is 2.69. The van der Waals surface area contributed by atoms with E-state index < -0.39 is 0 Å². The second-order valence-electron chi connectivity index (χ2n) is 5.04. The van der Waals surface area contributed by atoms with Crippen LogP contribution in [0.3, 0.4) is 0 Å². The maximum absolute atomic E-state index is 5.80. The van der Waals surface area contributed by atoms with Gasteiger partial charge in [-0.2, -0.15) is 0 Å². The summed E-state index contributed by atoms with van der Waals surface area (Å²) in [5.41, 5.74) is 7.09. The number of hydrogen-bond donors (Lipinski definition) is 2. The number of rotatable bonds is 2. The van der Waals surface area contributed by atoms with Gasteiger partial charge in [0.05, 0.1) is 0 Å². The zero-order valence-electron chi connectivity index (χ0n) is 9.48. The largest absolute Gasteiger partial charge is 0.381 e. The van der Waals surface area contributed by atoms with Crippen LogP contribution in [0.25, 0.3) is 0 Å². The summed E-state index contributed by atoms with van der Waals surface area (Å²) in [7, 11) is 0. The summed E-state index contributed by atoms with van der Waals surface area (Å²) >= 11 is 0. The van der Waals surface area contributed by atoms with Crippen LogP contribution < -0.4 is 5.73 Å². The lowest BCUT2D eigenvalue weighted by Gasteiger charge is -2.30. The highest BCUT2D eigenvalue weighted by Gasteiger charge is 2.30. The minimum absolute atomic E-state index is 0.390. The minimum Gasteiger partial charge on any atom is -0.381 e. The minimum atomic E-state index is 0.390. The fourth-order valence-electron chi connectivity index (χ4n) is 2.66. The van der Waals surface area contributed by atoms with Crippen molar-refractivity contribution >= 4 is 0 Å². The van der Waals surface area contributed by atoms with Gasteiger partial charge in [-0.05, 0) is 25.7 Å². The Labute approximate surface area is 95.6 Å². The van der Waals surface area contributed by atoms with Gasteiger partial charge in [-0.3, -0.25) is 0 Å². The van der Waals surface area contributed by atoms with E-state index in [-0.39, 0.29) is 0 Å². The molecule has 0 atom stereocenters. The quantitative estimate of drug-likeness (QED) is 0.795. The van der Waals surface area contributed by atoms with E-state index in [4.69, 9.17) is 10.5 Å². The van der Waals surface area contributed by atoms with Gasteiger partial charge in [0, 0.05) is 43.0 Å². The highest BCUT2D eigenvalue weighted by molar-refractivity contribution is 5.13. The molecule has 0 bridgehead atoms. The number of aromatic nitrogens is 2. The van der Waals surface area contributed by atoms with Gasteiger partial charge in [0.15, 0.2) is 0 Å². The van der Waals surface area contributed by atoms with Gasteiger partial charge in [0.25, 0.3) is 0 Å². The Morgan fingerprint density at radius 3 is 2.69 bits per heavy atom. The van der Waals surface area contributed by atoms with E-state index in [1.165, 1.54) is 5.69 Å². The first-order chi connectivity index (χ1) is 7.83. The second kappa shape index (κ2) is 4.18. The summed E-state index contributed by atoms with van der Waals surface area (Å²) in [6.07, 6.45) is 6.41. The molecule has 2 heterocycles. The zero-order valence-corrected chi connectivity index (χ0v) is 9.48. The Bertz CT molecular complexity index is 351. The van der Waals surface area contributed by atoms with Crippen LogP contribution in [-0.4, -0.2) is 29.2 Å². The lowest BCUT2D eigenvalue weighted by Crippen LogP contribution is -2.35. The first-order valence-corrected chi connectivity index (χ1v) is 6.21. The zero-order chi connectivity index (χ0) is 11.0. The smallest absolute Gasteiger partial charge is 0.109 e. The van der Waals surface area contributed by atoms with Crippen molar-refractivity contribution in [3.8, 4) is 0 Å². The Hall–Kier alpha value is -0.870. The molecule has 3 rings (SSSR count). The topological polar surface area (TPSA) is 63.9 Å². The van der Waals surface area contributed by atoms with Crippen LogP contribution in [0, 0.1) is 0 Å². The number of ether oxygens (including phenoxy) is 1. The molecule has 2 aliphatic rings. The molecular formula is C12H19N3O. The third-order valence-corrected chi connectivity index (χ3v) is 3.84. The highest BCUT2D eigenvalue weighted by Crippen LogP contribution is 2.35. The molecule has 2 fully saturated rings. The predicted octanol–water partition coefficient (Wildman–Crippen LogP) is 1.51. The molecule has 4 heteroatoms. The van der Waals surface area contributed by atoms with Gasteiger partial charge in [0.1, 0.15) is 5.82 Å². The summed E-state index contributed by atoms with van der Waals surface area (Å²) < 4.78 is 5.37. The number of nitrogens with two attached hydrogens (primary N) is 1. The number of H-pyrrole nitrogens is 1. The fourth-order valence-corrected chi connectivity index (χ4v) is 2.66. The third kappa shape index (κ3) is 1.87. The maximum Gasteiger partial charge on any atom is 0.109 e. The van der Waals surface area contributed by atoms with Crippen LogP contribution in [0.1, 0.15) is 49.0 Å². The Morgan fingerprint density at radius 1 is 1.25 bits per heavy atom. The molecule has 3 N–H and O–H groups in total. The molecule has 0 radical (unpaired) electrons. The molecule has 0 aromatic carbocycles. The molecule has 1 aromatic heterocycles. The third-order valence-electron chi connectivity index (χ3n) is 3.84. The van der Waals surface area contributed by atoms with Gasteiger partial charge in [-0.1, -0.05) is 0 Å². The van der Waals surface area contributed by atoms with E-state index in [0.717, 1.165) is 44.7 Å². The predicted molar refractivity (Wildman–Crippen MR) is 61.3 cm³/mol. The van der Waals surface area contributed by atoms with Gasteiger partial charge in [0.2, 0.25) is 0 Å². The first-order valence-electron chi connectivity index (χ1n) is 6.21. The monoisotopic (exact) mass is 221 g/mol. The number of nitrogens with one attached hydrogen (secondary N) is 1. The van der Waals surface area contributed by atoms with Crippen LogP contribution in [0.5, 0.6) is 0 Å². The lowest BCUT2D eigenvalue weighted by molar-refractivity contribution is 0.0845. The summed E-state index contributed by atoms with van der Waals surface area (Å²) in [6.45, 7) is 1.76. The number of nitrogens with zero attached hydrogens (tertiary/aromatic N) is 1. The van der Waals surface area contributed by atoms with Gasteiger partial charge in [-0.25, -0.2) is 4.98 Å². The number of aromatic amines is 1. The molecule has 1 aliphatic carbocycles. The molecule has 1 saturated carbocycles. The Morgan fingerprint density at radius 2 is 2.00 bits per heavy atom. The average Bonchev–Trinajstić information content (AvgIpc) is 2.75. The molecule has 0 spiro atoms. The van der Waals surface area contributed by atoms with Crippen LogP contribution in [0.2, 0.25) is 0 Å². The van der Waals surface area contributed by atoms with Crippen LogP contribution in [0.4, 0.5) is 0 Å². The molecule has 0 amide bonds. The normalized spacial score (nSPS) is 31.3. The van der Waals surface area contributed by atoms with Gasteiger partial charge < -0.3 is 15.5 Å². The first kappa shape index (κ1) is 10.3.